The van der Waals surface area contributed by atoms with Crippen molar-refractivity contribution in [3.8, 4) is 0 Å². The van der Waals surface area contributed by atoms with Gasteiger partial charge in [0.2, 0.25) is 0 Å². The van der Waals surface area contributed by atoms with E-state index in [9.17, 15) is 0 Å². The zero-order valence-corrected chi connectivity index (χ0v) is 4.75. The Morgan fingerprint density at radius 3 is 1.83 bits per heavy atom. The molecule has 0 aliphatic heterocycles. The molecule has 0 atom stereocenters. The molecule has 0 saturated heterocycles. The average molecular weight is 104 g/mol. The topological polar surface area (TPSA) is 20.2 Å². The maximum absolute atomic E-state index is 8.67. The average Bonchev–Trinajstić information content (AvgIpc) is 1.35. The van der Waals surface area contributed by atoms with E-state index in [1.807, 2.05) is 0 Å². The Hall–Kier alpha value is 0.0500. The van der Waals surface area contributed by atoms with E-state index >= 15 is 0 Å². The molecule has 0 fully saturated rings. The van der Waals surface area contributed by atoms with E-state index in [4.69, 9.17) is 5.11 Å². The number of thiocarbonyl (C=S) groups is 1. The van der Waals surface area contributed by atoms with Crippen LogP contribution in [-0.4, -0.2) is 16.1 Å². The molecular formula is C4H8OS. The molecule has 0 aromatic carbocycles. The molecular weight excluding hydrogens is 96.1 g/mol. The van der Waals surface area contributed by atoms with Crippen LogP contribution < -0.4 is 0 Å². The largest absolute Gasteiger partial charge is 0.386 e. The third-order valence-electron chi connectivity index (χ3n) is 0.288. The highest BCUT2D eigenvalue weighted by molar-refractivity contribution is 7.79. The van der Waals surface area contributed by atoms with Crippen LogP contribution in [0.4, 0.5) is 0 Å². The molecule has 2 heteroatoms. The number of hydrogen-bond donors (Lipinski definition) is 1. The minimum Gasteiger partial charge on any atom is -0.386 e. The molecule has 0 saturated carbocycles. The molecule has 0 unspecified atom stereocenters. The van der Waals surface area contributed by atoms with Crippen molar-refractivity contribution in [2.75, 3.05) is 0 Å². The van der Waals surface area contributed by atoms with Gasteiger partial charge in [-0.05, 0) is 13.8 Å². The van der Waals surface area contributed by atoms with E-state index < -0.39 is 5.60 Å². The first-order chi connectivity index (χ1) is 2.56. The van der Waals surface area contributed by atoms with Gasteiger partial charge in [0, 0.05) is 5.37 Å². The van der Waals surface area contributed by atoms with Crippen LogP contribution in [0.25, 0.3) is 0 Å². The summed E-state index contributed by atoms with van der Waals surface area (Å²) >= 11 is 4.41. The zero-order valence-electron chi connectivity index (χ0n) is 3.93. The van der Waals surface area contributed by atoms with Gasteiger partial charge in [-0.2, -0.15) is 0 Å². The summed E-state index contributed by atoms with van der Waals surface area (Å²) in [6.45, 7) is 3.28. The molecule has 1 N–H and O–H groups in total. The Balaban J connectivity index is 3.45. The third-order valence-corrected chi connectivity index (χ3v) is 0.865. The van der Waals surface area contributed by atoms with Crippen LogP contribution in [0.2, 0.25) is 0 Å². The first-order valence-corrected chi connectivity index (χ1v) is 2.22. The quantitative estimate of drug-likeness (QED) is 0.495. The fraction of sp³-hybridized carbons (Fsp3) is 0.750. The summed E-state index contributed by atoms with van der Waals surface area (Å²) in [4.78, 5) is 0. The van der Waals surface area contributed by atoms with Crippen LogP contribution in [0.15, 0.2) is 0 Å². The number of aliphatic hydroxyl groups is 1. The fourth-order valence-electron chi connectivity index (χ4n) is 0. The van der Waals surface area contributed by atoms with Crippen molar-refractivity contribution in [3.63, 3.8) is 0 Å². The van der Waals surface area contributed by atoms with Gasteiger partial charge in [0.05, 0.1) is 5.60 Å². The summed E-state index contributed by atoms with van der Waals surface area (Å²) in [5.74, 6) is 0. The van der Waals surface area contributed by atoms with Gasteiger partial charge in [-0.25, -0.2) is 0 Å². The maximum Gasteiger partial charge on any atom is 0.0872 e. The summed E-state index contributed by atoms with van der Waals surface area (Å²) in [5.41, 5.74) is -0.769. The molecule has 6 heavy (non-hydrogen) atoms. The predicted octanol–water partition coefficient (Wildman–Crippen LogP) is 0.757. The van der Waals surface area contributed by atoms with Gasteiger partial charge in [0.1, 0.15) is 0 Å². The highest BCUT2D eigenvalue weighted by Gasteiger charge is 2.03. The smallest absolute Gasteiger partial charge is 0.0872 e. The van der Waals surface area contributed by atoms with Crippen molar-refractivity contribution < 1.29 is 5.11 Å². The molecule has 0 bridgehead atoms. The molecule has 0 aliphatic rings. The summed E-state index contributed by atoms with van der Waals surface area (Å²) in [6, 6.07) is 0. The van der Waals surface area contributed by atoms with Crippen molar-refractivity contribution >= 4 is 17.6 Å². The Labute approximate surface area is 43.0 Å². The zero-order chi connectivity index (χ0) is 5.21. The molecule has 0 aliphatic carbocycles. The van der Waals surface area contributed by atoms with Gasteiger partial charge in [-0.1, -0.05) is 12.2 Å². The van der Waals surface area contributed by atoms with Crippen LogP contribution in [0.5, 0.6) is 0 Å². The third kappa shape index (κ3) is 4.05. The molecule has 1 nitrogen and oxygen atoms in total. The Morgan fingerprint density at radius 1 is 1.67 bits per heavy atom. The van der Waals surface area contributed by atoms with Gasteiger partial charge < -0.3 is 5.11 Å². The monoisotopic (exact) mass is 104 g/mol. The normalized spacial score (nSPS) is 11.2. The summed E-state index contributed by atoms with van der Waals surface area (Å²) in [6.07, 6.45) is 0. The Kier molecular flexibility index (Phi) is 1.68. The summed E-state index contributed by atoms with van der Waals surface area (Å²) < 4.78 is 0. The standard InChI is InChI=1S/C4H8OS/c1-4(2,5)3-6/h3,5H,1-2H3. The molecule has 0 heterocycles. The van der Waals surface area contributed by atoms with Crippen LogP contribution in [0.3, 0.4) is 0 Å². The highest BCUT2D eigenvalue weighted by atomic mass is 32.1. The molecule has 0 radical (unpaired) electrons. The van der Waals surface area contributed by atoms with Gasteiger partial charge >= 0.3 is 0 Å². The lowest BCUT2D eigenvalue weighted by Gasteiger charge is -2.05. The minimum atomic E-state index is -0.769. The first kappa shape index (κ1) is 6.05. The molecule has 0 amide bonds. The fourth-order valence-corrected chi connectivity index (χ4v) is 0. The lowest BCUT2D eigenvalue weighted by molar-refractivity contribution is 0.162. The highest BCUT2D eigenvalue weighted by Crippen LogP contribution is 1.93. The molecule has 0 aromatic heterocycles. The van der Waals surface area contributed by atoms with E-state index in [1.165, 1.54) is 5.37 Å². The van der Waals surface area contributed by atoms with Gasteiger partial charge in [-0.15, -0.1) is 0 Å². The predicted molar refractivity (Wildman–Crippen MR) is 30.0 cm³/mol. The van der Waals surface area contributed by atoms with Crippen molar-refractivity contribution in [2.45, 2.75) is 19.4 Å². The summed E-state index contributed by atoms with van der Waals surface area (Å²) in [7, 11) is 0. The lowest BCUT2D eigenvalue weighted by atomic mass is 10.2. The van der Waals surface area contributed by atoms with Crippen molar-refractivity contribution in [2.24, 2.45) is 0 Å². The van der Waals surface area contributed by atoms with Gasteiger partial charge in [-0.3, -0.25) is 0 Å². The SMILES string of the molecule is CC(C)(O)C=S. The number of rotatable bonds is 1. The Morgan fingerprint density at radius 2 is 1.83 bits per heavy atom. The second kappa shape index (κ2) is 1.67. The van der Waals surface area contributed by atoms with Crippen LogP contribution in [0.1, 0.15) is 13.8 Å². The molecule has 0 spiro atoms. The molecule has 36 valence electrons. The molecule has 0 aromatic rings. The maximum atomic E-state index is 8.67. The second-order valence-corrected chi connectivity index (χ2v) is 2.01. The number of hydrogen-bond acceptors (Lipinski definition) is 2. The van der Waals surface area contributed by atoms with Gasteiger partial charge in [0.15, 0.2) is 0 Å². The van der Waals surface area contributed by atoms with E-state index in [-0.39, 0.29) is 0 Å². The van der Waals surface area contributed by atoms with E-state index in [2.05, 4.69) is 12.2 Å². The van der Waals surface area contributed by atoms with E-state index in [0.29, 0.717) is 0 Å². The Bertz CT molecular complexity index is 53.1. The van der Waals surface area contributed by atoms with Crippen molar-refractivity contribution in [3.05, 3.63) is 0 Å². The van der Waals surface area contributed by atoms with Crippen molar-refractivity contribution in [1.29, 1.82) is 0 Å². The van der Waals surface area contributed by atoms with E-state index in [0.717, 1.165) is 0 Å². The van der Waals surface area contributed by atoms with Gasteiger partial charge in [0.25, 0.3) is 0 Å². The van der Waals surface area contributed by atoms with Crippen molar-refractivity contribution in [1.82, 2.24) is 0 Å². The van der Waals surface area contributed by atoms with Crippen LogP contribution in [-0.2, 0) is 0 Å². The van der Waals surface area contributed by atoms with Crippen LogP contribution in [0, 0.1) is 0 Å². The van der Waals surface area contributed by atoms with Crippen LogP contribution >= 0.6 is 12.2 Å². The lowest BCUT2D eigenvalue weighted by Crippen LogP contribution is -2.18. The minimum absolute atomic E-state index is 0.769. The first-order valence-electron chi connectivity index (χ1n) is 1.75. The molecule has 0 rings (SSSR count). The summed E-state index contributed by atoms with van der Waals surface area (Å²) in [5, 5.41) is 9.99. The second-order valence-electron chi connectivity index (χ2n) is 1.77. The van der Waals surface area contributed by atoms with E-state index in [1.54, 1.807) is 13.8 Å².